The van der Waals surface area contributed by atoms with Crippen LogP contribution in [0.25, 0.3) is 0 Å². The first kappa shape index (κ1) is 19.1. The van der Waals surface area contributed by atoms with Crippen molar-refractivity contribution in [2.45, 2.75) is 38.3 Å². The fourth-order valence-electron chi connectivity index (χ4n) is 3.22. The quantitative estimate of drug-likeness (QED) is 0.668. The molecule has 0 heterocycles. The molecule has 1 fully saturated rings. The van der Waals surface area contributed by atoms with Crippen molar-refractivity contribution < 1.29 is 24.0 Å². The third-order valence-corrected chi connectivity index (χ3v) is 4.38. The Morgan fingerprint density at radius 3 is 2.56 bits per heavy atom. The lowest BCUT2D eigenvalue weighted by Crippen LogP contribution is -3.09. The number of ether oxygens (including phenoxy) is 2. The first-order chi connectivity index (χ1) is 12.0. The Hall–Kier alpha value is -2.28. The van der Waals surface area contributed by atoms with Crippen molar-refractivity contribution in [1.29, 1.82) is 0 Å². The predicted octanol–water partition coefficient (Wildman–Crippen LogP) is 0.487. The van der Waals surface area contributed by atoms with Crippen molar-refractivity contribution in [3.63, 3.8) is 0 Å². The third-order valence-electron chi connectivity index (χ3n) is 4.38. The molecule has 1 aliphatic carbocycles. The molecule has 1 aromatic carbocycles. The molecule has 0 radical (unpaired) electrons. The van der Waals surface area contributed by atoms with Gasteiger partial charge in [-0.25, -0.2) is 4.79 Å². The summed E-state index contributed by atoms with van der Waals surface area (Å²) < 4.78 is 10.7. The first-order valence-corrected chi connectivity index (χ1v) is 8.65. The van der Waals surface area contributed by atoms with Crippen LogP contribution in [0, 0.1) is 0 Å². The second kappa shape index (κ2) is 9.27. The number of quaternary nitrogens is 1. The minimum atomic E-state index is -0.399. The number of likely N-dealkylation sites (N-methyl/N-ethyl adjacent to an activating group) is 1. The predicted molar refractivity (Wildman–Crippen MR) is 93.9 cm³/mol. The standard InChI is InChI=1S/C18H27N3O4/c1-21(11-13-7-6-10-15(24-2)17(13)25-3)12-16(22)20-18(23)19-14-8-4-5-9-14/h6-7,10,14H,4-5,8-9,11-12H2,1-3H3,(H2,19,20,22,23)/p+1. The smallest absolute Gasteiger partial charge is 0.321 e. The Morgan fingerprint density at radius 1 is 1.20 bits per heavy atom. The summed E-state index contributed by atoms with van der Waals surface area (Å²) in [5.74, 6) is 1.03. The second-order valence-electron chi connectivity index (χ2n) is 6.47. The minimum absolute atomic E-state index is 0.193. The van der Waals surface area contributed by atoms with Gasteiger partial charge in [0.2, 0.25) is 0 Å². The monoisotopic (exact) mass is 350 g/mol. The number of nitrogens with one attached hydrogen (secondary N) is 3. The van der Waals surface area contributed by atoms with E-state index in [1.165, 1.54) is 0 Å². The molecule has 0 saturated heterocycles. The molecule has 0 aromatic heterocycles. The van der Waals surface area contributed by atoms with Crippen molar-refractivity contribution in [2.75, 3.05) is 27.8 Å². The number of imide groups is 1. The van der Waals surface area contributed by atoms with E-state index in [1.807, 2.05) is 25.2 Å². The number of carbonyl (C=O) groups excluding carboxylic acids is 2. The van der Waals surface area contributed by atoms with Gasteiger partial charge in [-0.05, 0) is 25.0 Å². The molecule has 1 aliphatic rings. The Labute approximate surface area is 148 Å². The highest BCUT2D eigenvalue weighted by atomic mass is 16.5. The molecule has 25 heavy (non-hydrogen) atoms. The van der Waals surface area contributed by atoms with E-state index in [0.717, 1.165) is 36.1 Å². The van der Waals surface area contributed by atoms with Gasteiger partial charge in [0.15, 0.2) is 18.0 Å². The Morgan fingerprint density at radius 2 is 1.92 bits per heavy atom. The van der Waals surface area contributed by atoms with Crippen LogP contribution >= 0.6 is 0 Å². The number of amides is 3. The van der Waals surface area contributed by atoms with Gasteiger partial charge in [-0.2, -0.15) is 0 Å². The van der Waals surface area contributed by atoms with Crippen molar-refractivity contribution in [3.05, 3.63) is 23.8 Å². The summed E-state index contributed by atoms with van der Waals surface area (Å²) in [6.45, 7) is 0.774. The third kappa shape index (κ3) is 5.63. The summed E-state index contributed by atoms with van der Waals surface area (Å²) in [5, 5.41) is 5.26. The van der Waals surface area contributed by atoms with Gasteiger partial charge in [-0.3, -0.25) is 10.1 Å². The number of rotatable bonds is 7. The Bertz CT molecular complexity index is 600. The Kier molecular flexibility index (Phi) is 7.06. The molecule has 7 nitrogen and oxygen atoms in total. The molecule has 0 aliphatic heterocycles. The van der Waals surface area contributed by atoms with Crippen LogP contribution in [-0.2, 0) is 11.3 Å². The van der Waals surface area contributed by atoms with Crippen molar-refractivity contribution in [2.24, 2.45) is 0 Å². The molecular weight excluding hydrogens is 322 g/mol. The molecule has 1 atom stereocenters. The normalized spacial score (nSPS) is 15.5. The van der Waals surface area contributed by atoms with Crippen LogP contribution in [0.4, 0.5) is 4.79 Å². The zero-order chi connectivity index (χ0) is 18.2. The summed E-state index contributed by atoms with van der Waals surface area (Å²) in [6.07, 6.45) is 4.24. The Balaban J connectivity index is 1.84. The molecule has 0 spiro atoms. The van der Waals surface area contributed by atoms with E-state index in [2.05, 4.69) is 10.6 Å². The van der Waals surface area contributed by atoms with Crippen molar-refractivity contribution in [1.82, 2.24) is 10.6 Å². The average Bonchev–Trinajstić information content (AvgIpc) is 3.06. The number of methoxy groups -OCH3 is 2. The maximum atomic E-state index is 12.1. The first-order valence-electron chi connectivity index (χ1n) is 8.65. The summed E-state index contributed by atoms with van der Waals surface area (Å²) in [7, 11) is 5.08. The molecule has 3 amide bonds. The molecule has 3 N–H and O–H groups in total. The van der Waals surface area contributed by atoms with Crippen LogP contribution in [0.15, 0.2) is 18.2 Å². The van der Waals surface area contributed by atoms with Gasteiger partial charge >= 0.3 is 6.03 Å². The molecule has 1 aromatic rings. The number of urea groups is 1. The second-order valence-corrected chi connectivity index (χ2v) is 6.47. The van der Waals surface area contributed by atoms with E-state index in [9.17, 15) is 9.59 Å². The van der Waals surface area contributed by atoms with Gasteiger partial charge in [-0.1, -0.05) is 18.9 Å². The number of carbonyl (C=O) groups is 2. The summed E-state index contributed by atoms with van der Waals surface area (Å²) in [4.78, 5) is 24.8. The van der Waals surface area contributed by atoms with E-state index < -0.39 is 6.03 Å². The van der Waals surface area contributed by atoms with Crippen LogP contribution in [-0.4, -0.2) is 45.8 Å². The number of hydrogen-bond donors (Lipinski definition) is 3. The van der Waals surface area contributed by atoms with Gasteiger partial charge < -0.3 is 19.7 Å². The zero-order valence-electron chi connectivity index (χ0n) is 15.2. The van der Waals surface area contributed by atoms with E-state index in [1.54, 1.807) is 14.2 Å². The van der Waals surface area contributed by atoms with Crippen LogP contribution in [0.1, 0.15) is 31.2 Å². The minimum Gasteiger partial charge on any atom is -0.493 e. The molecule has 1 saturated carbocycles. The van der Waals surface area contributed by atoms with Gasteiger partial charge in [0.05, 0.1) is 26.8 Å². The van der Waals surface area contributed by atoms with Gasteiger partial charge in [-0.15, -0.1) is 0 Å². The molecular formula is C18H28N3O4+. The van der Waals surface area contributed by atoms with Crippen molar-refractivity contribution in [3.8, 4) is 11.5 Å². The molecule has 0 bridgehead atoms. The van der Waals surface area contributed by atoms with Gasteiger partial charge in [0.25, 0.3) is 5.91 Å². The lowest BCUT2D eigenvalue weighted by molar-refractivity contribution is -0.885. The highest BCUT2D eigenvalue weighted by Gasteiger charge is 2.20. The summed E-state index contributed by atoms with van der Waals surface area (Å²) in [5.41, 5.74) is 0.947. The molecule has 7 heteroatoms. The number of para-hydroxylation sites is 1. The van der Waals surface area contributed by atoms with Gasteiger partial charge in [0, 0.05) is 6.04 Å². The lowest BCUT2D eigenvalue weighted by atomic mass is 10.1. The highest BCUT2D eigenvalue weighted by Crippen LogP contribution is 2.29. The lowest BCUT2D eigenvalue weighted by Gasteiger charge is -2.17. The average molecular weight is 350 g/mol. The van der Waals surface area contributed by atoms with E-state index in [4.69, 9.17) is 9.47 Å². The topological polar surface area (TPSA) is 81.1 Å². The highest BCUT2D eigenvalue weighted by molar-refractivity contribution is 5.94. The summed E-state index contributed by atoms with van der Waals surface area (Å²) >= 11 is 0. The van der Waals surface area contributed by atoms with E-state index in [-0.39, 0.29) is 18.5 Å². The van der Waals surface area contributed by atoms with Crippen LogP contribution in [0.2, 0.25) is 0 Å². The van der Waals surface area contributed by atoms with Crippen LogP contribution in [0.3, 0.4) is 0 Å². The maximum Gasteiger partial charge on any atom is 0.321 e. The molecule has 1 unspecified atom stereocenters. The van der Waals surface area contributed by atoms with Gasteiger partial charge in [0.1, 0.15) is 6.54 Å². The van der Waals surface area contributed by atoms with E-state index in [0.29, 0.717) is 18.0 Å². The number of hydrogen-bond acceptors (Lipinski definition) is 4. The fourth-order valence-corrected chi connectivity index (χ4v) is 3.22. The maximum absolute atomic E-state index is 12.1. The van der Waals surface area contributed by atoms with Crippen molar-refractivity contribution >= 4 is 11.9 Å². The SMILES string of the molecule is COc1cccc(C[NH+](C)CC(=O)NC(=O)NC2CCCC2)c1OC. The fraction of sp³-hybridized carbons (Fsp3) is 0.556. The molecule has 2 rings (SSSR count). The van der Waals surface area contributed by atoms with E-state index >= 15 is 0 Å². The largest absolute Gasteiger partial charge is 0.493 e. The summed E-state index contributed by atoms with van der Waals surface area (Å²) in [6, 6.07) is 5.45. The van der Waals surface area contributed by atoms with Crippen LogP contribution < -0.4 is 25.0 Å². The molecule has 138 valence electrons. The zero-order valence-corrected chi connectivity index (χ0v) is 15.2. The number of benzene rings is 1. The van der Waals surface area contributed by atoms with Crippen LogP contribution in [0.5, 0.6) is 11.5 Å².